The van der Waals surface area contributed by atoms with E-state index in [9.17, 15) is 0 Å². The molecule has 0 heterocycles. The average molecular weight is 363 g/mol. The smallest absolute Gasteiger partial charge is 0.194 e. The Hall–Kier alpha value is 0.130. The van der Waals surface area contributed by atoms with Crippen LogP contribution in [0.2, 0.25) is 0 Å². The van der Waals surface area contributed by atoms with E-state index in [1.165, 1.54) is 7.11 Å². The molecular formula is C10H11BrCl3NO2. The van der Waals surface area contributed by atoms with Crippen molar-refractivity contribution in [3.8, 4) is 5.75 Å². The van der Waals surface area contributed by atoms with Gasteiger partial charge in [0.05, 0.1) is 19.9 Å². The number of anilines is 1. The zero-order valence-corrected chi connectivity index (χ0v) is 13.0. The minimum Gasteiger partial charge on any atom is -0.496 e. The van der Waals surface area contributed by atoms with Crippen molar-refractivity contribution >= 4 is 56.4 Å². The monoisotopic (exact) mass is 361 g/mol. The molecule has 3 nitrogen and oxygen atoms in total. The Morgan fingerprint density at radius 2 is 1.94 bits per heavy atom. The summed E-state index contributed by atoms with van der Waals surface area (Å²) in [6, 6.07) is 3.58. The predicted molar refractivity (Wildman–Crippen MR) is 75.3 cm³/mol. The average Bonchev–Trinajstić information content (AvgIpc) is 2.20. The van der Waals surface area contributed by atoms with Crippen molar-refractivity contribution in [2.24, 2.45) is 0 Å². The third-order valence-electron chi connectivity index (χ3n) is 1.97. The normalized spacial score (nSPS) is 11.4. The maximum absolute atomic E-state index is 5.78. The SMILES string of the molecule is CONc1cc(Br)c(CC(Cl)(Cl)Cl)c(OC)c1. The molecule has 96 valence electrons. The van der Waals surface area contributed by atoms with Gasteiger partial charge in [0.1, 0.15) is 5.75 Å². The van der Waals surface area contributed by atoms with E-state index in [0.29, 0.717) is 5.75 Å². The molecule has 7 heteroatoms. The van der Waals surface area contributed by atoms with Gasteiger partial charge in [0.25, 0.3) is 0 Å². The minimum atomic E-state index is -1.37. The summed E-state index contributed by atoms with van der Waals surface area (Å²) in [4.78, 5) is 4.82. The molecule has 0 radical (unpaired) electrons. The number of hydrogen-bond donors (Lipinski definition) is 1. The molecule has 0 saturated heterocycles. The maximum atomic E-state index is 5.78. The molecule has 0 unspecified atom stereocenters. The van der Waals surface area contributed by atoms with Crippen molar-refractivity contribution < 1.29 is 9.57 Å². The highest BCUT2D eigenvalue weighted by molar-refractivity contribution is 9.10. The first-order valence-electron chi connectivity index (χ1n) is 4.59. The topological polar surface area (TPSA) is 30.5 Å². The number of benzene rings is 1. The van der Waals surface area contributed by atoms with Crippen LogP contribution in [0, 0.1) is 0 Å². The molecule has 0 saturated carbocycles. The molecule has 0 aromatic heterocycles. The zero-order chi connectivity index (χ0) is 13.1. The predicted octanol–water partition coefficient (Wildman–Crippen LogP) is 4.34. The fraction of sp³-hybridized carbons (Fsp3) is 0.400. The third-order valence-corrected chi connectivity index (χ3v) is 3.08. The molecule has 0 amide bonds. The van der Waals surface area contributed by atoms with Crippen molar-refractivity contribution in [3.63, 3.8) is 0 Å². The van der Waals surface area contributed by atoms with Crippen LogP contribution in [-0.4, -0.2) is 18.0 Å². The number of alkyl halides is 3. The highest BCUT2D eigenvalue weighted by Crippen LogP contribution is 2.38. The number of halogens is 4. The molecule has 0 aliphatic heterocycles. The van der Waals surface area contributed by atoms with Gasteiger partial charge in [0, 0.05) is 22.5 Å². The second kappa shape index (κ2) is 6.34. The lowest BCUT2D eigenvalue weighted by Gasteiger charge is -2.17. The lowest BCUT2D eigenvalue weighted by molar-refractivity contribution is 0.270. The fourth-order valence-electron chi connectivity index (χ4n) is 1.34. The fourth-order valence-corrected chi connectivity index (χ4v) is 2.33. The molecule has 0 atom stereocenters. The molecule has 0 spiro atoms. The van der Waals surface area contributed by atoms with Gasteiger partial charge in [-0.05, 0) is 6.07 Å². The molecule has 17 heavy (non-hydrogen) atoms. The third kappa shape index (κ3) is 4.72. The summed E-state index contributed by atoms with van der Waals surface area (Å²) >= 11 is 20.8. The first-order chi connectivity index (χ1) is 7.87. The van der Waals surface area contributed by atoms with E-state index in [1.54, 1.807) is 13.2 Å². The number of hydrogen-bond acceptors (Lipinski definition) is 3. The molecule has 0 aliphatic rings. The molecule has 1 aromatic rings. The van der Waals surface area contributed by atoms with Crippen LogP contribution < -0.4 is 10.2 Å². The van der Waals surface area contributed by atoms with E-state index in [0.717, 1.165) is 15.7 Å². The Morgan fingerprint density at radius 1 is 1.29 bits per heavy atom. The quantitative estimate of drug-likeness (QED) is 0.637. The van der Waals surface area contributed by atoms with E-state index in [1.807, 2.05) is 6.07 Å². The van der Waals surface area contributed by atoms with Gasteiger partial charge in [-0.2, -0.15) is 0 Å². The second-order valence-corrected chi connectivity index (χ2v) is 6.61. The Morgan fingerprint density at radius 3 is 2.41 bits per heavy atom. The summed E-state index contributed by atoms with van der Waals surface area (Å²) in [5.41, 5.74) is 4.23. The first kappa shape index (κ1) is 15.2. The van der Waals surface area contributed by atoms with Crippen LogP contribution in [0.3, 0.4) is 0 Å². The number of rotatable bonds is 4. The van der Waals surface area contributed by atoms with Crippen LogP contribution in [0.1, 0.15) is 5.56 Å². The Labute approximate surface area is 123 Å². The van der Waals surface area contributed by atoms with E-state index in [-0.39, 0.29) is 6.42 Å². The van der Waals surface area contributed by atoms with Crippen molar-refractivity contribution in [1.82, 2.24) is 0 Å². The number of nitrogens with one attached hydrogen (secondary N) is 1. The van der Waals surface area contributed by atoms with Gasteiger partial charge in [-0.3, -0.25) is 10.3 Å². The van der Waals surface area contributed by atoms with Crippen LogP contribution in [0.15, 0.2) is 16.6 Å². The highest BCUT2D eigenvalue weighted by Gasteiger charge is 2.24. The summed E-state index contributed by atoms with van der Waals surface area (Å²) in [5.74, 6) is 0.616. The largest absolute Gasteiger partial charge is 0.496 e. The van der Waals surface area contributed by atoms with Crippen molar-refractivity contribution in [2.75, 3.05) is 19.7 Å². The van der Waals surface area contributed by atoms with Gasteiger partial charge in [0.15, 0.2) is 3.79 Å². The standard InChI is InChI=1S/C10H11BrCl3NO2/c1-16-9-4-6(15-17-2)3-8(11)7(9)5-10(12,13)14/h3-4,15H,5H2,1-2H3. The van der Waals surface area contributed by atoms with Crippen LogP contribution >= 0.6 is 50.7 Å². The van der Waals surface area contributed by atoms with Gasteiger partial charge >= 0.3 is 0 Å². The summed E-state index contributed by atoms with van der Waals surface area (Å²) in [7, 11) is 3.08. The summed E-state index contributed by atoms with van der Waals surface area (Å²) in [6.45, 7) is 0. The summed E-state index contributed by atoms with van der Waals surface area (Å²) < 4.78 is 4.67. The van der Waals surface area contributed by atoms with E-state index < -0.39 is 3.79 Å². The molecule has 1 N–H and O–H groups in total. The number of methoxy groups -OCH3 is 1. The maximum Gasteiger partial charge on any atom is 0.194 e. The van der Waals surface area contributed by atoms with E-state index in [2.05, 4.69) is 21.4 Å². The van der Waals surface area contributed by atoms with Gasteiger partial charge < -0.3 is 4.74 Å². The zero-order valence-electron chi connectivity index (χ0n) is 9.19. The molecule has 1 rings (SSSR count). The van der Waals surface area contributed by atoms with Gasteiger partial charge in [-0.15, -0.1) is 0 Å². The lowest BCUT2D eigenvalue weighted by Crippen LogP contribution is -2.09. The van der Waals surface area contributed by atoms with Gasteiger partial charge in [-0.1, -0.05) is 50.7 Å². The second-order valence-electron chi connectivity index (χ2n) is 3.24. The van der Waals surface area contributed by atoms with Crippen LogP contribution in [0.4, 0.5) is 5.69 Å². The molecular weight excluding hydrogens is 352 g/mol. The molecule has 0 bridgehead atoms. The Bertz CT molecular complexity index is 396. The van der Waals surface area contributed by atoms with Crippen LogP contribution in [-0.2, 0) is 11.3 Å². The molecule has 1 aromatic carbocycles. The number of ether oxygens (including phenoxy) is 1. The Balaban J connectivity index is 3.12. The van der Waals surface area contributed by atoms with Gasteiger partial charge in [-0.25, -0.2) is 0 Å². The van der Waals surface area contributed by atoms with Gasteiger partial charge in [0.2, 0.25) is 0 Å². The van der Waals surface area contributed by atoms with Crippen LogP contribution in [0.25, 0.3) is 0 Å². The van der Waals surface area contributed by atoms with Crippen molar-refractivity contribution in [1.29, 1.82) is 0 Å². The van der Waals surface area contributed by atoms with Crippen molar-refractivity contribution in [2.45, 2.75) is 10.2 Å². The molecule has 0 fully saturated rings. The van der Waals surface area contributed by atoms with Crippen LogP contribution in [0.5, 0.6) is 5.75 Å². The summed E-state index contributed by atoms with van der Waals surface area (Å²) in [6.07, 6.45) is 0.245. The Kier molecular flexibility index (Phi) is 5.67. The highest BCUT2D eigenvalue weighted by atomic mass is 79.9. The van der Waals surface area contributed by atoms with Crippen molar-refractivity contribution in [3.05, 3.63) is 22.2 Å². The van der Waals surface area contributed by atoms with E-state index >= 15 is 0 Å². The molecule has 0 aliphatic carbocycles. The minimum absolute atomic E-state index is 0.245. The lowest BCUT2D eigenvalue weighted by atomic mass is 10.1. The van der Waals surface area contributed by atoms with E-state index in [4.69, 9.17) is 44.4 Å². The first-order valence-corrected chi connectivity index (χ1v) is 6.52. The summed E-state index contributed by atoms with van der Waals surface area (Å²) in [5, 5.41) is 0.